The molecule has 0 bridgehead atoms. The number of nitrogens with zero attached hydrogens (tertiary/aromatic N) is 2. The summed E-state index contributed by atoms with van der Waals surface area (Å²) in [5.41, 5.74) is -0.108. The molecule has 8 nitrogen and oxygen atoms in total. The minimum Gasteiger partial charge on any atom is -0.495 e. The van der Waals surface area contributed by atoms with Crippen molar-refractivity contribution in [2.75, 3.05) is 11.8 Å². The van der Waals surface area contributed by atoms with E-state index in [0.29, 0.717) is 16.6 Å². The fourth-order valence-corrected chi connectivity index (χ4v) is 8.87. The quantitative estimate of drug-likeness (QED) is 0.339. The van der Waals surface area contributed by atoms with Gasteiger partial charge in [-0.1, -0.05) is 76.5 Å². The molecular weight excluding hydrogens is 577 g/mol. The Bertz CT molecular complexity index is 1410. The first-order valence-electron chi connectivity index (χ1n) is 15.1. The molecule has 0 spiro atoms. The summed E-state index contributed by atoms with van der Waals surface area (Å²) in [5, 5.41) is 9.84. The summed E-state index contributed by atoms with van der Waals surface area (Å²) in [4.78, 5) is 16.7. The number of ether oxygens (including phenoxy) is 1. The second-order valence-corrected chi connectivity index (χ2v) is 14.5. The highest BCUT2D eigenvalue weighted by Crippen LogP contribution is 2.37. The molecule has 3 aliphatic rings. The van der Waals surface area contributed by atoms with Gasteiger partial charge in [-0.15, -0.1) is 11.3 Å². The third-order valence-corrected chi connectivity index (χ3v) is 11.4. The lowest BCUT2D eigenvalue weighted by molar-refractivity contribution is 0.0691. The van der Waals surface area contributed by atoms with E-state index in [4.69, 9.17) is 9.84 Å². The van der Waals surface area contributed by atoms with E-state index < -0.39 is 27.6 Å². The fraction of sp³-hybridized carbons (Fsp3) is 0.613. The number of benzene rings is 1. The number of carbonyl (C=O) groups is 1. The van der Waals surface area contributed by atoms with Crippen molar-refractivity contribution in [1.29, 1.82) is 0 Å². The monoisotopic (exact) mass is 617 g/mol. The van der Waals surface area contributed by atoms with Gasteiger partial charge in [-0.3, -0.25) is 4.72 Å². The summed E-state index contributed by atoms with van der Waals surface area (Å²) in [6, 6.07) is 1.77. The van der Waals surface area contributed by atoms with Gasteiger partial charge < -0.3 is 9.84 Å². The molecule has 2 aliphatic carbocycles. The number of fused-ring (bicyclic) bond motifs is 1. The van der Waals surface area contributed by atoms with Gasteiger partial charge in [0.1, 0.15) is 11.6 Å². The largest absolute Gasteiger partial charge is 0.495 e. The first-order valence-corrected chi connectivity index (χ1v) is 17.4. The van der Waals surface area contributed by atoms with Crippen LogP contribution in [0.15, 0.2) is 12.1 Å². The predicted molar refractivity (Wildman–Crippen MR) is 161 cm³/mol. The zero-order valence-corrected chi connectivity index (χ0v) is 25.8. The number of halogens is 1. The number of methoxy groups -OCH3 is 1. The van der Waals surface area contributed by atoms with Crippen LogP contribution in [-0.4, -0.2) is 35.9 Å². The molecule has 0 atom stereocenters. The Morgan fingerprint density at radius 2 is 1.67 bits per heavy atom. The second-order valence-electron chi connectivity index (χ2n) is 11.8. The molecular formula is C31H40FN3O5S2. The minimum atomic E-state index is -4.08. The van der Waals surface area contributed by atoms with E-state index in [1.165, 1.54) is 93.4 Å². The Kier molecular flexibility index (Phi) is 10.1. The maximum absolute atomic E-state index is 14.2. The van der Waals surface area contributed by atoms with E-state index in [2.05, 4.69) is 21.5 Å². The van der Waals surface area contributed by atoms with Crippen molar-refractivity contribution >= 4 is 33.2 Å². The zero-order valence-electron chi connectivity index (χ0n) is 24.2. The summed E-state index contributed by atoms with van der Waals surface area (Å²) in [6.45, 7) is 0.209. The molecule has 0 amide bonds. The van der Waals surface area contributed by atoms with E-state index in [1.54, 1.807) is 0 Å². The number of carboxylic acids is 1. The van der Waals surface area contributed by atoms with E-state index in [1.807, 2.05) is 0 Å². The molecule has 1 aromatic carbocycles. The summed E-state index contributed by atoms with van der Waals surface area (Å²) in [7, 11) is -2.83. The van der Waals surface area contributed by atoms with Crippen LogP contribution in [0.5, 0.6) is 5.75 Å². The van der Waals surface area contributed by atoms with Crippen LogP contribution in [-0.2, 0) is 23.3 Å². The molecule has 0 saturated heterocycles. The van der Waals surface area contributed by atoms with Gasteiger partial charge in [0.15, 0.2) is 5.01 Å². The molecule has 1 aliphatic heterocycles. The summed E-state index contributed by atoms with van der Waals surface area (Å²) in [6.07, 6.45) is 17.3. The van der Waals surface area contributed by atoms with Crippen LogP contribution < -0.4 is 9.46 Å². The first-order chi connectivity index (χ1) is 20.2. The van der Waals surface area contributed by atoms with Crippen LogP contribution >= 0.6 is 11.3 Å². The van der Waals surface area contributed by atoms with Gasteiger partial charge in [-0.05, 0) is 36.7 Å². The third-order valence-electron chi connectivity index (χ3n) is 8.98. The fourth-order valence-electron chi connectivity index (χ4n) is 6.69. The highest BCUT2D eigenvalue weighted by Gasteiger charge is 2.33. The van der Waals surface area contributed by atoms with Gasteiger partial charge in [0.05, 0.1) is 37.1 Å². The number of anilines is 1. The molecule has 1 aromatic heterocycles. The van der Waals surface area contributed by atoms with Crippen LogP contribution in [0, 0.1) is 35.4 Å². The molecule has 2 heterocycles. The second kappa shape index (κ2) is 13.7. The number of rotatable bonds is 6. The molecule has 2 N–H and O–H groups in total. The molecule has 2 saturated carbocycles. The highest BCUT2D eigenvalue weighted by molar-refractivity contribution is 7.90. The van der Waals surface area contributed by atoms with Crippen molar-refractivity contribution in [3.63, 3.8) is 0 Å². The van der Waals surface area contributed by atoms with E-state index in [0.717, 1.165) is 41.7 Å². The van der Waals surface area contributed by atoms with Crippen molar-refractivity contribution in [3.05, 3.63) is 39.1 Å². The van der Waals surface area contributed by atoms with Gasteiger partial charge in [0.2, 0.25) is 0 Å². The van der Waals surface area contributed by atoms with E-state index in [-0.39, 0.29) is 24.5 Å². The molecule has 2 aromatic rings. The number of hydrogen-bond donors (Lipinski definition) is 2. The number of hydrogen-bond acceptors (Lipinski definition) is 6. The van der Waals surface area contributed by atoms with Crippen molar-refractivity contribution in [3.8, 4) is 17.6 Å². The Labute approximate surface area is 252 Å². The van der Waals surface area contributed by atoms with Crippen molar-refractivity contribution in [2.45, 2.75) is 96.6 Å². The molecule has 228 valence electrons. The zero-order chi connectivity index (χ0) is 29.7. The lowest BCUT2D eigenvalue weighted by atomic mass is 9.75. The lowest BCUT2D eigenvalue weighted by Gasteiger charge is -2.31. The average molecular weight is 618 g/mol. The third kappa shape index (κ3) is 7.44. The number of nitrogens with one attached hydrogen (secondary N) is 1. The summed E-state index contributed by atoms with van der Waals surface area (Å²) < 4.78 is 49.0. The SMILES string of the molecule is COc1cc(C(=O)O)c(F)cc1NS(=O)(=O)N1Cc2nc(C#CC3CCCC(C4CCCCCCC4)CCC3)sc2C1. The van der Waals surface area contributed by atoms with Crippen LogP contribution in [0.1, 0.15) is 109 Å². The Morgan fingerprint density at radius 3 is 2.29 bits per heavy atom. The topological polar surface area (TPSA) is 109 Å². The van der Waals surface area contributed by atoms with Gasteiger partial charge >= 0.3 is 16.2 Å². The van der Waals surface area contributed by atoms with Crippen molar-refractivity contribution in [1.82, 2.24) is 9.29 Å². The maximum Gasteiger partial charge on any atom is 0.338 e. The number of thiazole rings is 1. The maximum atomic E-state index is 14.2. The number of aromatic nitrogens is 1. The average Bonchev–Trinajstić information content (AvgIpc) is 3.48. The minimum absolute atomic E-state index is 0.0762. The number of aromatic carboxylic acids is 1. The van der Waals surface area contributed by atoms with Crippen LogP contribution in [0.2, 0.25) is 0 Å². The van der Waals surface area contributed by atoms with Crippen molar-refractivity contribution < 1.29 is 27.4 Å². The van der Waals surface area contributed by atoms with Gasteiger partial charge in [-0.25, -0.2) is 14.2 Å². The molecule has 0 unspecified atom stereocenters. The highest BCUT2D eigenvalue weighted by atomic mass is 32.2. The normalized spacial score (nSPS) is 22.5. The van der Waals surface area contributed by atoms with Crippen molar-refractivity contribution in [2.24, 2.45) is 17.8 Å². The standard InChI is InChI=1S/C31H40FN3O5S2/c1-40-28-17-24(31(36)37)25(32)18-26(28)34-42(38,39)35-19-27-29(20-35)41-30(33-27)16-15-21-9-7-13-23(14-8-10-21)22-11-5-3-2-4-6-12-22/h17-18,21-23,34H,2-14,19-20H2,1H3,(H,36,37). The predicted octanol–water partition coefficient (Wildman–Crippen LogP) is 6.96. The molecule has 42 heavy (non-hydrogen) atoms. The van der Waals surface area contributed by atoms with Crippen LogP contribution in [0.4, 0.5) is 10.1 Å². The molecule has 0 radical (unpaired) electrons. The van der Waals surface area contributed by atoms with E-state index in [9.17, 15) is 17.6 Å². The van der Waals surface area contributed by atoms with Gasteiger partial charge in [0.25, 0.3) is 0 Å². The smallest absolute Gasteiger partial charge is 0.338 e. The molecule has 11 heteroatoms. The van der Waals surface area contributed by atoms with Gasteiger partial charge in [-0.2, -0.15) is 12.7 Å². The van der Waals surface area contributed by atoms with E-state index >= 15 is 0 Å². The Morgan fingerprint density at radius 1 is 1.02 bits per heavy atom. The molecule has 5 rings (SSSR count). The Hall–Kier alpha value is -2.68. The number of carboxylic acid groups (broad SMARTS) is 1. The first kappa shape index (κ1) is 30.8. The van der Waals surface area contributed by atoms with Crippen LogP contribution in [0.25, 0.3) is 0 Å². The molecule has 2 fully saturated rings. The van der Waals surface area contributed by atoms with Gasteiger partial charge in [0, 0.05) is 16.9 Å². The van der Waals surface area contributed by atoms with Crippen LogP contribution in [0.3, 0.4) is 0 Å². The Balaban J connectivity index is 1.16. The summed E-state index contributed by atoms with van der Waals surface area (Å²) in [5.74, 6) is 6.31. The lowest BCUT2D eigenvalue weighted by Crippen LogP contribution is -2.32. The summed E-state index contributed by atoms with van der Waals surface area (Å²) >= 11 is 1.42.